The monoisotopic (exact) mass is 451 g/mol. The number of fused-ring (bicyclic) bond motifs is 2. The first-order valence-corrected chi connectivity index (χ1v) is 9.98. The summed E-state index contributed by atoms with van der Waals surface area (Å²) in [5, 5.41) is 6.24. The van der Waals surface area contributed by atoms with Crippen molar-refractivity contribution in [3.8, 4) is 11.8 Å². The van der Waals surface area contributed by atoms with Crippen molar-refractivity contribution >= 4 is 22.5 Å². The minimum absolute atomic E-state index is 0.0472. The normalized spacial score (nSPS) is 13.1. The minimum atomic E-state index is -4.50. The summed E-state index contributed by atoms with van der Waals surface area (Å²) in [6.45, 7) is 1.24. The molecule has 2 aromatic heterocycles. The van der Waals surface area contributed by atoms with Crippen LogP contribution in [0.2, 0.25) is 0 Å². The molecule has 0 atom stereocenters. The summed E-state index contributed by atoms with van der Waals surface area (Å²) in [4.78, 5) is 25.7. The molecule has 1 aliphatic rings. The Morgan fingerprint density at radius 1 is 1.03 bits per heavy atom. The van der Waals surface area contributed by atoms with Gasteiger partial charge in [0.1, 0.15) is 6.33 Å². The Hall–Kier alpha value is -4.05. The van der Waals surface area contributed by atoms with Crippen LogP contribution in [0.5, 0.6) is 11.8 Å². The fourth-order valence-corrected chi connectivity index (χ4v) is 3.62. The molecule has 0 bridgehead atoms. The summed E-state index contributed by atoms with van der Waals surface area (Å²) in [6.07, 6.45) is -3.07. The largest absolute Gasteiger partial charge is 0.420 e. The lowest BCUT2D eigenvalue weighted by Crippen LogP contribution is -2.13. The highest BCUT2D eigenvalue weighted by Crippen LogP contribution is 2.31. The molecule has 4 aromatic rings. The van der Waals surface area contributed by atoms with Crippen LogP contribution in [-0.2, 0) is 19.3 Å². The highest BCUT2D eigenvalue weighted by Gasteiger charge is 2.30. The zero-order valence-corrected chi connectivity index (χ0v) is 17.0. The predicted octanol–water partition coefficient (Wildman–Crippen LogP) is 4.69. The first kappa shape index (κ1) is 20.8. The Morgan fingerprint density at radius 2 is 1.88 bits per heavy atom. The van der Waals surface area contributed by atoms with E-state index in [1.807, 2.05) is 0 Å². The number of halogens is 3. The van der Waals surface area contributed by atoms with Crippen LogP contribution in [-0.4, -0.2) is 20.9 Å². The molecule has 1 aliphatic heterocycles. The number of hydrogen-bond donors (Lipinski definition) is 2. The summed E-state index contributed by atoms with van der Waals surface area (Å²) in [5.41, 5.74) is 1.71. The Kier molecular flexibility index (Phi) is 5.14. The first-order chi connectivity index (χ1) is 15.9. The van der Waals surface area contributed by atoms with Crippen LogP contribution in [0.1, 0.15) is 27.2 Å². The van der Waals surface area contributed by atoms with Gasteiger partial charge in [-0.15, -0.1) is 0 Å². The van der Waals surface area contributed by atoms with Crippen molar-refractivity contribution in [1.29, 1.82) is 0 Å². The van der Waals surface area contributed by atoms with Crippen LogP contribution >= 0.6 is 0 Å². The summed E-state index contributed by atoms with van der Waals surface area (Å²) in [7, 11) is 0. The highest BCUT2D eigenvalue weighted by molar-refractivity contribution is 6.12. The number of carbonyl (C=O) groups is 1. The number of aromatic nitrogens is 3. The Bertz CT molecular complexity index is 1370. The fraction of sp³-hybridized carbons (Fsp3) is 0.130. The van der Waals surface area contributed by atoms with Crippen LogP contribution in [0.3, 0.4) is 0 Å². The number of anilines is 1. The van der Waals surface area contributed by atoms with E-state index in [0.29, 0.717) is 35.8 Å². The molecule has 0 aliphatic carbocycles. The van der Waals surface area contributed by atoms with Gasteiger partial charge in [-0.2, -0.15) is 13.2 Å². The number of rotatable bonds is 4. The summed E-state index contributed by atoms with van der Waals surface area (Å²) in [6, 6.07) is 12.7. The fourth-order valence-electron chi connectivity index (χ4n) is 3.62. The second kappa shape index (κ2) is 8.14. The minimum Gasteiger partial charge on any atom is -0.420 e. The van der Waals surface area contributed by atoms with Gasteiger partial charge >= 0.3 is 6.18 Å². The number of amides is 1. The van der Waals surface area contributed by atoms with Gasteiger partial charge in [-0.25, -0.2) is 15.0 Å². The van der Waals surface area contributed by atoms with Crippen LogP contribution in [0.4, 0.5) is 18.9 Å². The molecule has 1 amide bonds. The van der Waals surface area contributed by atoms with Gasteiger partial charge in [0.2, 0.25) is 11.8 Å². The molecule has 10 heteroatoms. The average Bonchev–Trinajstić information content (AvgIpc) is 3.28. The van der Waals surface area contributed by atoms with Crippen molar-refractivity contribution < 1.29 is 22.7 Å². The number of hydrogen-bond acceptors (Lipinski definition) is 6. The summed E-state index contributed by atoms with van der Waals surface area (Å²) < 4.78 is 44.7. The Balaban J connectivity index is 1.41. The lowest BCUT2D eigenvalue weighted by molar-refractivity contribution is -0.137. The maximum atomic E-state index is 13.0. The van der Waals surface area contributed by atoms with E-state index >= 15 is 0 Å². The second-order valence-corrected chi connectivity index (χ2v) is 7.36. The van der Waals surface area contributed by atoms with Crippen molar-refractivity contribution in [3.05, 3.63) is 83.3 Å². The van der Waals surface area contributed by atoms with Crippen LogP contribution < -0.4 is 15.4 Å². The molecule has 7 nitrogen and oxygen atoms in total. The lowest BCUT2D eigenvalue weighted by atomic mass is 10.1. The molecule has 3 heterocycles. The van der Waals surface area contributed by atoms with E-state index in [0.717, 1.165) is 23.4 Å². The molecule has 2 N–H and O–H groups in total. The number of carbonyl (C=O) groups excluding carboxylic acids is 1. The zero-order valence-electron chi connectivity index (χ0n) is 17.0. The van der Waals surface area contributed by atoms with E-state index in [4.69, 9.17) is 4.74 Å². The van der Waals surface area contributed by atoms with E-state index in [-0.39, 0.29) is 11.3 Å². The molecule has 0 spiro atoms. The molecule has 0 saturated heterocycles. The van der Waals surface area contributed by atoms with Crippen LogP contribution in [0.25, 0.3) is 10.9 Å². The first-order valence-electron chi connectivity index (χ1n) is 9.98. The highest BCUT2D eigenvalue weighted by atomic mass is 19.4. The van der Waals surface area contributed by atoms with Gasteiger partial charge in [-0.05, 0) is 36.4 Å². The maximum Gasteiger partial charge on any atom is 0.416 e. The van der Waals surface area contributed by atoms with Crippen molar-refractivity contribution in [2.75, 3.05) is 5.32 Å². The van der Waals surface area contributed by atoms with Gasteiger partial charge in [0, 0.05) is 35.8 Å². The molecule has 166 valence electrons. The molecular formula is C23H16F3N5O2. The van der Waals surface area contributed by atoms with Gasteiger partial charge in [0.25, 0.3) is 5.91 Å². The van der Waals surface area contributed by atoms with E-state index < -0.39 is 17.6 Å². The Labute approximate surface area is 185 Å². The molecule has 0 unspecified atom stereocenters. The van der Waals surface area contributed by atoms with Crippen molar-refractivity contribution in [2.24, 2.45) is 0 Å². The van der Waals surface area contributed by atoms with Gasteiger partial charge in [-0.1, -0.05) is 12.1 Å². The maximum absolute atomic E-state index is 13.0. The standard InChI is InChI=1S/C23H16F3N5O2/c24-23(25,26)13-3-1-4-14(9-13)30-21(32)16-5-2-6-18-15(16)7-8-20(31-18)33-22-17-10-27-11-19(17)28-12-29-22/h1-9,12,27H,10-11H2,(H,30,32). The van der Waals surface area contributed by atoms with E-state index in [1.54, 1.807) is 30.3 Å². The zero-order chi connectivity index (χ0) is 23.0. The quantitative estimate of drug-likeness (QED) is 0.468. The number of benzene rings is 2. The SMILES string of the molecule is O=C(Nc1cccc(C(F)(F)F)c1)c1cccc2nc(Oc3ncnc4c3CNC4)ccc12. The molecule has 0 fully saturated rings. The van der Waals surface area contributed by atoms with Gasteiger partial charge < -0.3 is 15.4 Å². The third-order valence-corrected chi connectivity index (χ3v) is 5.19. The number of pyridine rings is 1. The predicted molar refractivity (Wildman–Crippen MR) is 114 cm³/mol. The van der Waals surface area contributed by atoms with Crippen LogP contribution in [0, 0.1) is 0 Å². The third kappa shape index (κ3) is 4.20. The molecule has 33 heavy (non-hydrogen) atoms. The van der Waals surface area contributed by atoms with Crippen molar-refractivity contribution in [1.82, 2.24) is 20.3 Å². The summed E-state index contributed by atoms with van der Waals surface area (Å²) >= 11 is 0. The van der Waals surface area contributed by atoms with E-state index in [1.165, 1.54) is 18.5 Å². The number of ether oxygens (including phenoxy) is 1. The van der Waals surface area contributed by atoms with Crippen molar-refractivity contribution in [2.45, 2.75) is 19.3 Å². The van der Waals surface area contributed by atoms with Gasteiger partial charge in [0.05, 0.1) is 22.3 Å². The molecule has 5 rings (SSSR count). The number of alkyl halides is 3. The summed E-state index contributed by atoms with van der Waals surface area (Å²) in [5.74, 6) is 0.163. The lowest BCUT2D eigenvalue weighted by Gasteiger charge is -2.12. The van der Waals surface area contributed by atoms with Gasteiger partial charge in [0.15, 0.2) is 0 Å². The number of nitrogens with zero attached hydrogens (tertiary/aromatic N) is 3. The second-order valence-electron chi connectivity index (χ2n) is 7.36. The topological polar surface area (TPSA) is 89.0 Å². The van der Waals surface area contributed by atoms with Crippen molar-refractivity contribution in [3.63, 3.8) is 0 Å². The number of nitrogens with one attached hydrogen (secondary N) is 2. The molecule has 2 aromatic carbocycles. The molecule has 0 radical (unpaired) electrons. The molecular weight excluding hydrogens is 435 g/mol. The third-order valence-electron chi connectivity index (χ3n) is 5.19. The molecule has 0 saturated carbocycles. The van der Waals surface area contributed by atoms with Crippen LogP contribution in [0.15, 0.2) is 60.9 Å². The van der Waals surface area contributed by atoms with E-state index in [9.17, 15) is 18.0 Å². The van der Waals surface area contributed by atoms with Gasteiger partial charge in [-0.3, -0.25) is 4.79 Å². The smallest absolute Gasteiger partial charge is 0.416 e. The van der Waals surface area contributed by atoms with E-state index in [2.05, 4.69) is 25.6 Å². The Morgan fingerprint density at radius 3 is 2.73 bits per heavy atom. The average molecular weight is 451 g/mol.